The first-order valence-electron chi connectivity index (χ1n) is 6.90. The second-order valence-electron chi connectivity index (χ2n) is 5.23. The van der Waals surface area contributed by atoms with Gasteiger partial charge in [0.25, 0.3) is 10.0 Å². The first kappa shape index (κ1) is 16.2. The summed E-state index contributed by atoms with van der Waals surface area (Å²) in [6.45, 7) is 3.69. The standard InChI is InChI=1S/C17H13F2N2O2S/c1-11-7-17(15-6-5-12(18)8-16(15)19)21(10-11)24(22,23)14-4-2-3-13(20)9-14/h2-10H,1,20H2. The third-order valence-corrected chi connectivity index (χ3v) is 5.13. The minimum absolute atomic E-state index is 0.0399. The summed E-state index contributed by atoms with van der Waals surface area (Å²) in [6.07, 6.45) is 1.27. The maximum atomic E-state index is 14.1. The number of anilines is 1. The van der Waals surface area contributed by atoms with E-state index in [-0.39, 0.29) is 21.8 Å². The first-order valence-corrected chi connectivity index (χ1v) is 8.34. The van der Waals surface area contributed by atoms with Crippen molar-refractivity contribution in [1.29, 1.82) is 0 Å². The van der Waals surface area contributed by atoms with Crippen molar-refractivity contribution in [3.8, 4) is 11.3 Å². The van der Waals surface area contributed by atoms with Crippen LogP contribution in [-0.2, 0) is 10.0 Å². The second kappa shape index (κ2) is 5.76. The van der Waals surface area contributed by atoms with Crippen LogP contribution >= 0.6 is 0 Å². The molecule has 0 fully saturated rings. The summed E-state index contributed by atoms with van der Waals surface area (Å²) < 4.78 is 53.8. The normalized spacial score (nSPS) is 11.6. The topological polar surface area (TPSA) is 65.1 Å². The highest BCUT2D eigenvalue weighted by Crippen LogP contribution is 2.29. The summed E-state index contributed by atoms with van der Waals surface area (Å²) in [4.78, 5) is -0.0399. The molecule has 0 amide bonds. The molecular weight excluding hydrogens is 334 g/mol. The molecule has 0 atom stereocenters. The highest BCUT2D eigenvalue weighted by Gasteiger charge is 2.23. The Morgan fingerprint density at radius 2 is 1.79 bits per heavy atom. The minimum Gasteiger partial charge on any atom is -0.399 e. The Balaban J connectivity index is 2.23. The molecule has 0 spiro atoms. The van der Waals surface area contributed by atoms with E-state index < -0.39 is 21.7 Å². The Labute approximate surface area is 138 Å². The Bertz CT molecular complexity index is 1030. The van der Waals surface area contributed by atoms with Gasteiger partial charge in [0.2, 0.25) is 0 Å². The molecular formula is C17H13F2N2O2S. The average Bonchev–Trinajstić information content (AvgIpc) is 2.89. The van der Waals surface area contributed by atoms with Crippen molar-refractivity contribution in [3.63, 3.8) is 0 Å². The molecule has 0 aliphatic rings. The van der Waals surface area contributed by atoms with Crippen molar-refractivity contribution in [2.24, 2.45) is 0 Å². The zero-order valence-electron chi connectivity index (χ0n) is 12.4. The van der Waals surface area contributed by atoms with Crippen molar-refractivity contribution in [3.05, 3.63) is 78.8 Å². The van der Waals surface area contributed by atoms with Gasteiger partial charge in [0.05, 0.1) is 10.6 Å². The van der Waals surface area contributed by atoms with Crippen LogP contribution in [-0.4, -0.2) is 12.4 Å². The number of halogens is 2. The number of hydrogen-bond acceptors (Lipinski definition) is 3. The number of nitrogens with two attached hydrogens (primary N) is 1. The zero-order chi connectivity index (χ0) is 17.5. The van der Waals surface area contributed by atoms with Gasteiger partial charge >= 0.3 is 0 Å². The summed E-state index contributed by atoms with van der Waals surface area (Å²) in [6, 6.07) is 10.1. The Hall–Kier alpha value is -2.67. The van der Waals surface area contributed by atoms with E-state index in [1.807, 2.05) is 0 Å². The van der Waals surface area contributed by atoms with E-state index in [2.05, 4.69) is 6.92 Å². The molecule has 3 rings (SSSR count). The third kappa shape index (κ3) is 2.78. The summed E-state index contributed by atoms with van der Waals surface area (Å²) in [5.74, 6) is -1.61. The van der Waals surface area contributed by atoms with Crippen molar-refractivity contribution in [2.75, 3.05) is 5.73 Å². The summed E-state index contributed by atoms with van der Waals surface area (Å²) in [7, 11) is -4.01. The number of benzene rings is 2. The van der Waals surface area contributed by atoms with Crippen LogP contribution in [0.25, 0.3) is 11.3 Å². The van der Waals surface area contributed by atoms with Crippen molar-refractivity contribution in [1.82, 2.24) is 3.97 Å². The largest absolute Gasteiger partial charge is 0.399 e. The number of nitrogens with zero attached hydrogens (tertiary/aromatic N) is 1. The van der Waals surface area contributed by atoms with E-state index in [1.54, 1.807) is 6.07 Å². The molecule has 0 unspecified atom stereocenters. The van der Waals surface area contributed by atoms with Gasteiger partial charge in [-0.05, 0) is 48.9 Å². The van der Waals surface area contributed by atoms with Crippen LogP contribution in [0.4, 0.5) is 14.5 Å². The molecule has 0 saturated carbocycles. The Kier molecular flexibility index (Phi) is 3.88. The Morgan fingerprint density at radius 3 is 2.46 bits per heavy atom. The molecule has 2 aromatic carbocycles. The predicted octanol–water partition coefficient (Wildman–Crippen LogP) is 3.43. The molecule has 24 heavy (non-hydrogen) atoms. The van der Waals surface area contributed by atoms with Gasteiger partial charge in [-0.25, -0.2) is 21.2 Å². The highest BCUT2D eigenvalue weighted by atomic mass is 32.2. The molecule has 1 radical (unpaired) electrons. The van der Waals surface area contributed by atoms with Gasteiger partial charge < -0.3 is 5.73 Å². The highest BCUT2D eigenvalue weighted by molar-refractivity contribution is 7.90. The summed E-state index contributed by atoms with van der Waals surface area (Å²) >= 11 is 0. The molecule has 2 N–H and O–H groups in total. The number of hydrogen-bond donors (Lipinski definition) is 1. The lowest BCUT2D eigenvalue weighted by atomic mass is 10.1. The molecule has 0 aliphatic heterocycles. The van der Waals surface area contributed by atoms with Crippen molar-refractivity contribution < 1.29 is 17.2 Å². The molecule has 4 nitrogen and oxygen atoms in total. The fourth-order valence-electron chi connectivity index (χ4n) is 2.38. The van der Waals surface area contributed by atoms with Gasteiger partial charge in [-0.1, -0.05) is 6.07 Å². The van der Waals surface area contributed by atoms with Gasteiger partial charge in [0, 0.05) is 23.5 Å². The zero-order valence-corrected chi connectivity index (χ0v) is 13.2. The molecule has 7 heteroatoms. The lowest BCUT2D eigenvalue weighted by molar-refractivity contribution is 0.583. The third-order valence-electron chi connectivity index (χ3n) is 3.46. The maximum Gasteiger partial charge on any atom is 0.268 e. The minimum atomic E-state index is -4.01. The SMILES string of the molecule is [CH2]c1cc(-c2ccc(F)cc2F)n(S(=O)(=O)c2cccc(N)c2)c1. The van der Waals surface area contributed by atoms with E-state index in [4.69, 9.17) is 5.73 Å². The van der Waals surface area contributed by atoms with Gasteiger partial charge in [-0.3, -0.25) is 0 Å². The first-order chi connectivity index (χ1) is 11.3. The maximum absolute atomic E-state index is 14.1. The van der Waals surface area contributed by atoms with E-state index in [9.17, 15) is 17.2 Å². The fraction of sp³-hybridized carbons (Fsp3) is 0. The molecule has 0 bridgehead atoms. The van der Waals surface area contributed by atoms with Crippen molar-refractivity contribution in [2.45, 2.75) is 4.90 Å². The van der Waals surface area contributed by atoms with E-state index in [0.717, 1.165) is 10.0 Å². The van der Waals surface area contributed by atoms with Crippen LogP contribution in [0, 0.1) is 18.6 Å². The second-order valence-corrected chi connectivity index (χ2v) is 7.05. The molecule has 3 aromatic rings. The summed E-state index contributed by atoms with van der Waals surface area (Å²) in [5.41, 5.74) is 6.31. The number of aromatic nitrogens is 1. The van der Waals surface area contributed by atoms with E-state index in [0.29, 0.717) is 11.6 Å². The molecule has 123 valence electrons. The van der Waals surface area contributed by atoms with Gasteiger partial charge in [-0.15, -0.1) is 0 Å². The lowest BCUT2D eigenvalue weighted by Gasteiger charge is -2.11. The van der Waals surface area contributed by atoms with E-state index in [1.165, 1.54) is 36.5 Å². The van der Waals surface area contributed by atoms with Crippen LogP contribution in [0.15, 0.2) is 59.6 Å². The molecule has 1 aromatic heterocycles. The Morgan fingerprint density at radius 1 is 1.04 bits per heavy atom. The van der Waals surface area contributed by atoms with Crippen LogP contribution in [0.5, 0.6) is 0 Å². The molecule has 0 aliphatic carbocycles. The number of rotatable bonds is 3. The van der Waals surface area contributed by atoms with Gasteiger partial charge in [0.15, 0.2) is 0 Å². The quantitative estimate of drug-likeness (QED) is 0.738. The van der Waals surface area contributed by atoms with Crippen LogP contribution in [0.3, 0.4) is 0 Å². The average molecular weight is 347 g/mol. The predicted molar refractivity (Wildman–Crippen MR) is 87.7 cm³/mol. The lowest BCUT2D eigenvalue weighted by Crippen LogP contribution is -2.13. The van der Waals surface area contributed by atoms with Crippen LogP contribution < -0.4 is 5.73 Å². The monoisotopic (exact) mass is 347 g/mol. The fourth-order valence-corrected chi connectivity index (χ4v) is 3.82. The van der Waals surface area contributed by atoms with Crippen LogP contribution in [0.2, 0.25) is 0 Å². The smallest absolute Gasteiger partial charge is 0.268 e. The summed E-state index contributed by atoms with van der Waals surface area (Å²) in [5, 5.41) is 0. The number of nitrogen functional groups attached to an aromatic ring is 1. The molecule has 1 heterocycles. The van der Waals surface area contributed by atoms with Crippen LogP contribution in [0.1, 0.15) is 5.56 Å². The van der Waals surface area contributed by atoms with Gasteiger partial charge in [-0.2, -0.15) is 0 Å². The van der Waals surface area contributed by atoms with Gasteiger partial charge in [0.1, 0.15) is 11.6 Å². The molecule has 0 saturated heterocycles. The van der Waals surface area contributed by atoms with Crippen molar-refractivity contribution >= 4 is 15.7 Å². The van der Waals surface area contributed by atoms with E-state index >= 15 is 0 Å².